The number of aliphatic carboxylic acids is 1. The first-order valence-corrected chi connectivity index (χ1v) is 37.0. The molecule has 3 saturated carbocycles. The zero-order valence-corrected chi connectivity index (χ0v) is 59.2. The third-order valence-electron chi connectivity index (χ3n) is 23.3. The Hall–Kier alpha value is -7.25. The Bertz CT molecular complexity index is 3700. The van der Waals surface area contributed by atoms with Crippen LogP contribution in [0.2, 0.25) is 0 Å². The summed E-state index contributed by atoms with van der Waals surface area (Å²) in [6, 6.07) is 5.96. The van der Waals surface area contributed by atoms with Crippen molar-refractivity contribution in [1.29, 1.82) is 0 Å². The number of phenols is 2. The third-order valence-corrected chi connectivity index (χ3v) is 23.7. The van der Waals surface area contributed by atoms with E-state index in [-0.39, 0.29) is 90.7 Å². The van der Waals surface area contributed by atoms with Crippen LogP contribution in [0.15, 0.2) is 54.1 Å². The van der Waals surface area contributed by atoms with Crippen molar-refractivity contribution in [2.45, 2.75) is 231 Å². The van der Waals surface area contributed by atoms with Gasteiger partial charge in [-0.05, 0) is 148 Å². The van der Waals surface area contributed by atoms with Crippen molar-refractivity contribution in [1.82, 2.24) is 21.3 Å². The Balaban J connectivity index is 0.705. The summed E-state index contributed by atoms with van der Waals surface area (Å²) in [5, 5.41) is 67.5. The number of carboxylic acids is 1. The largest absolute Gasteiger partial charge is 0.524 e. The minimum absolute atomic E-state index is 0.0173. The van der Waals surface area contributed by atoms with E-state index >= 15 is 0 Å². The van der Waals surface area contributed by atoms with Crippen LogP contribution in [0.4, 0.5) is 4.79 Å². The molecule has 4 amide bonds. The second kappa shape index (κ2) is 30.8. The molecule has 11 N–H and O–H groups in total. The average molecular weight is 1410 g/mol. The number of carbonyl (C=O) groups is 8. The zero-order chi connectivity index (χ0) is 72.5. The first-order chi connectivity index (χ1) is 47.2. The summed E-state index contributed by atoms with van der Waals surface area (Å²) in [6.07, 6.45) is 6.18. The first kappa shape index (κ1) is 75.4. The number of carbonyl (C=O) groups excluding carboxylic acids is 7. The average Bonchev–Trinajstić information content (AvgIpc) is 1.03. The van der Waals surface area contributed by atoms with Crippen LogP contribution in [0.3, 0.4) is 0 Å². The quantitative estimate of drug-likeness (QED) is 0.0115. The second-order valence-corrected chi connectivity index (χ2v) is 31.2. The number of allylic oxidation sites excluding steroid dienone is 1. The van der Waals surface area contributed by atoms with Crippen molar-refractivity contribution in [2.24, 2.45) is 46.3 Å². The number of carboxylic acid groups (broad SMARTS) is 1. The van der Waals surface area contributed by atoms with E-state index in [1.807, 2.05) is 0 Å². The first-order valence-electron chi connectivity index (χ1n) is 35.4. The van der Waals surface area contributed by atoms with E-state index in [2.05, 4.69) is 66.5 Å². The zero-order valence-electron chi connectivity index (χ0n) is 58.3. The smallest absolute Gasteiger partial charge is 0.507 e. The van der Waals surface area contributed by atoms with Crippen LogP contribution in [0, 0.1) is 46.3 Å². The highest BCUT2D eigenvalue weighted by molar-refractivity contribution is 7.46. The number of benzene rings is 3. The highest BCUT2D eigenvalue weighted by Crippen LogP contribution is 2.68. The van der Waals surface area contributed by atoms with Crippen LogP contribution in [-0.2, 0) is 55.6 Å². The fourth-order valence-corrected chi connectivity index (χ4v) is 18.3. The van der Waals surface area contributed by atoms with Crippen LogP contribution in [0.25, 0.3) is 0 Å². The van der Waals surface area contributed by atoms with Gasteiger partial charge < -0.3 is 70.3 Å². The number of hydrogen-bond acceptors (Lipinski definition) is 18. The van der Waals surface area contributed by atoms with Crippen molar-refractivity contribution in [3.8, 4) is 23.0 Å². The molecule has 6 aliphatic carbocycles. The molecule has 0 aromatic heterocycles. The molecule has 0 spiro atoms. The molecule has 3 aromatic rings. The SMILES string of the molecule is COc1cccc2c1C(=O)c1c(O)c3c(c(O)c1C2=O)C[C@@](O)(C(C)=O)C[C@@H]3O[C@H]1C[C@H](NC(=O)CCC(=O)NCCCC[C@@H](NC(=O)C(Cc2ccc(OP(=O)(O)O)cc2)NC(=O)OC2CCC3(C)C(=CCC4[C@@H]3CC[C@@]3(C)C([C@H](C)CCCC(C)C)CC[C@@H]43)C2)C(=O)O)[C@H](O)[C@H](C)O1. The Morgan fingerprint density at radius 2 is 1.54 bits per heavy atom. The van der Waals surface area contributed by atoms with Gasteiger partial charge in [0.2, 0.25) is 23.5 Å². The van der Waals surface area contributed by atoms with Gasteiger partial charge in [-0.3, -0.25) is 38.6 Å². The molecule has 16 atom stereocenters. The van der Waals surface area contributed by atoms with Crippen LogP contribution < -0.4 is 30.5 Å². The summed E-state index contributed by atoms with van der Waals surface area (Å²) in [5.41, 5.74) is -1.82. The number of aliphatic hydroxyl groups excluding tert-OH is 1. The number of Topliss-reactive ketones (excluding diaryl/α,β-unsaturated/α-hetero) is 1. The molecule has 3 aromatic carbocycles. The molecule has 7 aliphatic rings. The van der Waals surface area contributed by atoms with Gasteiger partial charge in [0.25, 0.3) is 0 Å². The van der Waals surface area contributed by atoms with Crippen LogP contribution in [-0.4, -0.2) is 144 Å². The fourth-order valence-electron chi connectivity index (χ4n) is 17.9. The van der Waals surface area contributed by atoms with E-state index in [0.29, 0.717) is 47.5 Å². The lowest BCUT2D eigenvalue weighted by Gasteiger charge is -2.58. The molecule has 26 heteroatoms. The molecule has 4 fully saturated rings. The van der Waals surface area contributed by atoms with E-state index in [1.54, 1.807) is 0 Å². The van der Waals surface area contributed by atoms with Crippen molar-refractivity contribution in [3.63, 3.8) is 0 Å². The number of amides is 4. The molecule has 10 rings (SSSR count). The number of aromatic hydroxyl groups is 2. The topological polar surface area (TPSA) is 390 Å². The van der Waals surface area contributed by atoms with Gasteiger partial charge in [-0.15, -0.1) is 0 Å². The lowest BCUT2D eigenvalue weighted by molar-refractivity contribution is -0.249. The maximum absolute atomic E-state index is 14.2. The highest BCUT2D eigenvalue weighted by Gasteiger charge is 2.60. The summed E-state index contributed by atoms with van der Waals surface area (Å²) in [5.74, 6) is -3.30. The maximum atomic E-state index is 14.2. The fraction of sp³-hybridized carbons (Fsp3) is 0.622. The van der Waals surface area contributed by atoms with Crippen LogP contribution in [0.1, 0.15) is 219 Å². The van der Waals surface area contributed by atoms with Crippen molar-refractivity contribution in [3.05, 3.63) is 93.1 Å². The molecule has 1 aliphatic heterocycles. The number of nitrogens with one attached hydrogen (secondary N) is 4. The number of phosphoric ester groups is 1. The maximum Gasteiger partial charge on any atom is 0.524 e. The number of phenolic OH excluding ortho intramolecular Hbond substituents is 2. The molecule has 546 valence electrons. The third kappa shape index (κ3) is 16.2. The number of aliphatic hydroxyl groups is 2. The van der Waals surface area contributed by atoms with Gasteiger partial charge in [0.05, 0.1) is 42.0 Å². The molecule has 25 nitrogen and oxygen atoms in total. The second-order valence-electron chi connectivity index (χ2n) is 30.1. The van der Waals surface area contributed by atoms with Gasteiger partial charge in [-0.25, -0.2) is 14.2 Å². The van der Waals surface area contributed by atoms with E-state index in [9.17, 15) is 78.2 Å². The molecule has 0 bridgehead atoms. The lowest BCUT2D eigenvalue weighted by Crippen LogP contribution is -2.55. The van der Waals surface area contributed by atoms with Gasteiger partial charge in [-0.2, -0.15) is 0 Å². The Kier molecular flexibility index (Phi) is 23.2. The van der Waals surface area contributed by atoms with E-state index in [0.717, 1.165) is 31.6 Å². The van der Waals surface area contributed by atoms with Gasteiger partial charge in [0.1, 0.15) is 52.9 Å². The Labute approximate surface area is 582 Å². The molecule has 1 heterocycles. The molecule has 1 saturated heterocycles. The highest BCUT2D eigenvalue weighted by atomic mass is 31.2. The monoisotopic (exact) mass is 1410 g/mol. The minimum atomic E-state index is -4.89. The number of ketones is 3. The summed E-state index contributed by atoms with van der Waals surface area (Å²) in [4.78, 5) is 127. The van der Waals surface area contributed by atoms with E-state index < -0.39 is 145 Å². The number of alkyl carbamates (subject to hydrolysis) is 1. The summed E-state index contributed by atoms with van der Waals surface area (Å²) < 4.78 is 40.0. The van der Waals surface area contributed by atoms with Crippen molar-refractivity contribution < 1.29 is 102 Å². The summed E-state index contributed by atoms with van der Waals surface area (Å²) >= 11 is 0. The number of fused-ring (bicyclic) bond motifs is 8. The standard InChI is InChI=1S/C74H99N4O21P/c1-38(2)13-11-14-39(3)49-24-25-50-46-23-20-43-34-45(28-30-72(43,6)51(46)29-31-73(49,50)7)97-71(90)78-54(33-42-18-21-44(22-19-42)99-100(92,93)94)69(87)77-52(70(88)89)16-9-10-32-75-57(80)26-27-58(81)76-53-35-59(96-40(4)64(53)82)98-56-37-74(91,41(5)79)36-48-61(56)68(86)63-62(66(48)84)65(83)47-15-12-17-55(95-8)60(47)67(63)85/h12,15,17-22,38-40,45-46,49-54,56,59,64,82,84,86,91H,9-11,13-14,16,23-37H2,1-8H3,(H,75,80)(H,76,81)(H,77,87)(H,78,90)(H,88,89)(H2,92,93,94)/t39-,40+,45?,46?,49?,50+,51+,52-,53+,54?,56+,59+,64-,72?,73+,74+/m1/s1. The number of methoxy groups -OCH3 is 1. The van der Waals surface area contributed by atoms with Gasteiger partial charge in [-0.1, -0.05) is 89.8 Å². The van der Waals surface area contributed by atoms with E-state index in [1.165, 1.54) is 107 Å². The molecule has 0 radical (unpaired) electrons. The summed E-state index contributed by atoms with van der Waals surface area (Å²) in [6.45, 7) is 14.8. The van der Waals surface area contributed by atoms with Crippen LogP contribution in [0.5, 0.6) is 23.0 Å². The van der Waals surface area contributed by atoms with Crippen LogP contribution >= 0.6 is 7.82 Å². The molecular formula is C74H99N4O21P. The predicted molar refractivity (Wildman–Crippen MR) is 363 cm³/mol. The number of phosphoric acid groups is 1. The number of rotatable bonds is 27. The molecule has 100 heavy (non-hydrogen) atoms. The number of hydrogen-bond donors (Lipinski definition) is 11. The lowest BCUT2D eigenvalue weighted by atomic mass is 9.47. The normalized spacial score (nSPS) is 29.1. The predicted octanol–water partition coefficient (Wildman–Crippen LogP) is 9.04. The molecular weight excluding hydrogens is 1310 g/mol. The van der Waals surface area contributed by atoms with Gasteiger partial charge in [0.15, 0.2) is 17.9 Å². The van der Waals surface area contributed by atoms with Crippen molar-refractivity contribution in [2.75, 3.05) is 13.7 Å². The van der Waals surface area contributed by atoms with Gasteiger partial charge >= 0.3 is 19.9 Å². The number of unbranched alkanes of at least 4 members (excludes halogenated alkanes) is 1. The van der Waals surface area contributed by atoms with Gasteiger partial charge in [0, 0.05) is 68.2 Å². The molecule has 5 unspecified atom stereocenters. The summed E-state index contributed by atoms with van der Waals surface area (Å²) in [7, 11) is -3.59. The Morgan fingerprint density at radius 3 is 2.23 bits per heavy atom. The minimum Gasteiger partial charge on any atom is -0.507 e. The van der Waals surface area contributed by atoms with Crippen molar-refractivity contribution >= 4 is 55.0 Å². The number of ether oxygens (including phenoxy) is 4. The van der Waals surface area contributed by atoms with E-state index in [4.69, 9.17) is 18.9 Å². The Morgan fingerprint density at radius 1 is 0.820 bits per heavy atom.